The summed E-state index contributed by atoms with van der Waals surface area (Å²) in [7, 11) is 0. The number of nitrogens with one attached hydrogen (secondary N) is 1. The monoisotopic (exact) mass is 237 g/mol. The van der Waals surface area contributed by atoms with Crippen molar-refractivity contribution in [3.63, 3.8) is 0 Å². The average Bonchev–Trinajstić information content (AvgIpc) is 2.33. The lowest BCUT2D eigenvalue weighted by molar-refractivity contribution is 0.180. The number of carbonyl (C=O) groups is 1. The Morgan fingerprint density at radius 1 is 1.53 bits per heavy atom. The van der Waals surface area contributed by atoms with Crippen LogP contribution in [0, 0.1) is 6.92 Å². The van der Waals surface area contributed by atoms with E-state index in [1.54, 1.807) is 4.90 Å². The zero-order valence-electron chi connectivity index (χ0n) is 10.3. The maximum Gasteiger partial charge on any atom is 0.317 e. The first-order valence-electron chi connectivity index (χ1n) is 5.73. The number of aliphatic hydroxyl groups is 1. The van der Waals surface area contributed by atoms with Gasteiger partial charge in [0, 0.05) is 18.8 Å². The third-order valence-corrected chi connectivity index (χ3v) is 2.41. The van der Waals surface area contributed by atoms with Gasteiger partial charge in [-0.25, -0.2) is 4.79 Å². The Kier molecular flexibility index (Phi) is 5.42. The van der Waals surface area contributed by atoms with Gasteiger partial charge in [-0.15, -0.1) is 0 Å². The summed E-state index contributed by atoms with van der Waals surface area (Å²) in [6, 6.07) is 5.52. The molecular weight excluding hydrogens is 218 g/mol. The Bertz CT molecular complexity index is 369. The van der Waals surface area contributed by atoms with Crippen molar-refractivity contribution < 1.29 is 9.90 Å². The van der Waals surface area contributed by atoms with Gasteiger partial charge in [-0.2, -0.15) is 0 Å². The van der Waals surface area contributed by atoms with E-state index in [1.165, 1.54) is 0 Å². The quantitative estimate of drug-likeness (QED) is 0.800. The molecule has 1 heterocycles. The first-order chi connectivity index (χ1) is 8.17. The number of pyridine rings is 1. The molecule has 0 fully saturated rings. The predicted octanol–water partition coefficient (Wildman–Crippen LogP) is 0.914. The van der Waals surface area contributed by atoms with Gasteiger partial charge in [-0.3, -0.25) is 4.98 Å². The number of hydrogen-bond donors (Lipinski definition) is 2. The highest BCUT2D eigenvalue weighted by molar-refractivity contribution is 5.74. The number of amides is 2. The third-order valence-electron chi connectivity index (χ3n) is 2.41. The minimum atomic E-state index is -0.176. The van der Waals surface area contributed by atoms with E-state index in [4.69, 9.17) is 5.11 Å². The standard InChI is InChI=1S/C12H19N3O2/c1-3-15(7-8-16)12(17)13-9-11-6-4-5-10(2)14-11/h4-6,16H,3,7-9H2,1-2H3,(H,13,17). The Hall–Kier alpha value is -1.62. The van der Waals surface area contributed by atoms with Crippen molar-refractivity contribution in [3.05, 3.63) is 29.6 Å². The summed E-state index contributed by atoms with van der Waals surface area (Å²) in [5, 5.41) is 11.6. The smallest absolute Gasteiger partial charge is 0.317 e. The number of carbonyl (C=O) groups excluding carboxylic acids is 1. The highest BCUT2D eigenvalue weighted by Gasteiger charge is 2.09. The molecule has 5 heteroatoms. The van der Waals surface area contributed by atoms with Gasteiger partial charge in [0.15, 0.2) is 0 Å². The summed E-state index contributed by atoms with van der Waals surface area (Å²) in [5.74, 6) is 0. The molecule has 1 aromatic heterocycles. The second-order valence-electron chi connectivity index (χ2n) is 3.73. The zero-order valence-corrected chi connectivity index (χ0v) is 10.3. The number of urea groups is 1. The lowest BCUT2D eigenvalue weighted by atomic mass is 10.3. The van der Waals surface area contributed by atoms with Crippen LogP contribution in [0.3, 0.4) is 0 Å². The fraction of sp³-hybridized carbons (Fsp3) is 0.500. The normalized spacial score (nSPS) is 10.1. The Labute approximate surface area is 101 Å². The molecule has 0 aliphatic rings. The van der Waals surface area contributed by atoms with Crippen molar-refractivity contribution in [2.75, 3.05) is 19.7 Å². The molecule has 0 bridgehead atoms. The van der Waals surface area contributed by atoms with E-state index in [2.05, 4.69) is 10.3 Å². The van der Waals surface area contributed by atoms with Crippen LogP contribution in [0.25, 0.3) is 0 Å². The van der Waals surface area contributed by atoms with Crippen molar-refractivity contribution in [1.29, 1.82) is 0 Å². The number of rotatable bonds is 5. The van der Waals surface area contributed by atoms with E-state index in [0.717, 1.165) is 11.4 Å². The van der Waals surface area contributed by atoms with Gasteiger partial charge in [-0.05, 0) is 26.0 Å². The molecular formula is C12H19N3O2. The first-order valence-corrected chi connectivity index (χ1v) is 5.73. The van der Waals surface area contributed by atoms with Crippen molar-refractivity contribution in [1.82, 2.24) is 15.2 Å². The number of aryl methyl sites for hydroxylation is 1. The fourth-order valence-corrected chi connectivity index (χ4v) is 1.50. The number of likely N-dealkylation sites (N-methyl/N-ethyl adjacent to an activating group) is 1. The summed E-state index contributed by atoms with van der Waals surface area (Å²) in [6.45, 7) is 5.10. The molecule has 1 aromatic rings. The lowest BCUT2D eigenvalue weighted by Crippen LogP contribution is -2.41. The minimum absolute atomic E-state index is 0.0239. The molecule has 0 saturated carbocycles. The largest absolute Gasteiger partial charge is 0.395 e. The van der Waals surface area contributed by atoms with Crippen LogP contribution in [0.2, 0.25) is 0 Å². The molecule has 5 nitrogen and oxygen atoms in total. The van der Waals surface area contributed by atoms with E-state index in [9.17, 15) is 4.79 Å². The maximum absolute atomic E-state index is 11.7. The summed E-state index contributed by atoms with van der Waals surface area (Å²) in [5.41, 5.74) is 1.76. The van der Waals surface area contributed by atoms with Gasteiger partial charge in [0.25, 0.3) is 0 Å². The average molecular weight is 237 g/mol. The van der Waals surface area contributed by atoms with Crippen molar-refractivity contribution >= 4 is 6.03 Å². The van der Waals surface area contributed by atoms with Crippen molar-refractivity contribution in [2.45, 2.75) is 20.4 Å². The molecule has 1 rings (SSSR count). The summed E-state index contributed by atoms with van der Waals surface area (Å²) >= 11 is 0. The lowest BCUT2D eigenvalue weighted by Gasteiger charge is -2.20. The molecule has 0 radical (unpaired) electrons. The summed E-state index contributed by atoms with van der Waals surface area (Å²) in [6.07, 6.45) is 0. The zero-order chi connectivity index (χ0) is 12.7. The second kappa shape index (κ2) is 6.85. The Morgan fingerprint density at radius 2 is 2.29 bits per heavy atom. The highest BCUT2D eigenvalue weighted by Crippen LogP contribution is 1.98. The number of hydrogen-bond acceptors (Lipinski definition) is 3. The number of aliphatic hydroxyl groups excluding tert-OH is 1. The van der Waals surface area contributed by atoms with Gasteiger partial charge in [0.2, 0.25) is 0 Å². The van der Waals surface area contributed by atoms with Crippen LogP contribution in [0.15, 0.2) is 18.2 Å². The van der Waals surface area contributed by atoms with Gasteiger partial charge < -0.3 is 15.3 Å². The molecule has 2 amide bonds. The van der Waals surface area contributed by atoms with Crippen LogP contribution >= 0.6 is 0 Å². The van der Waals surface area contributed by atoms with Gasteiger partial charge in [-0.1, -0.05) is 6.07 Å². The number of aromatic nitrogens is 1. The van der Waals surface area contributed by atoms with E-state index in [0.29, 0.717) is 19.6 Å². The second-order valence-corrected chi connectivity index (χ2v) is 3.73. The third kappa shape index (κ3) is 4.40. The highest BCUT2D eigenvalue weighted by atomic mass is 16.3. The minimum Gasteiger partial charge on any atom is -0.395 e. The number of nitrogens with zero attached hydrogens (tertiary/aromatic N) is 2. The maximum atomic E-state index is 11.7. The molecule has 0 spiro atoms. The van der Waals surface area contributed by atoms with Crippen molar-refractivity contribution in [2.24, 2.45) is 0 Å². The van der Waals surface area contributed by atoms with Gasteiger partial charge in [0.05, 0.1) is 18.8 Å². The van der Waals surface area contributed by atoms with Gasteiger partial charge >= 0.3 is 6.03 Å². The van der Waals surface area contributed by atoms with E-state index < -0.39 is 0 Å². The molecule has 0 saturated heterocycles. The molecule has 0 aromatic carbocycles. The molecule has 2 N–H and O–H groups in total. The van der Waals surface area contributed by atoms with E-state index >= 15 is 0 Å². The predicted molar refractivity (Wildman–Crippen MR) is 65.5 cm³/mol. The Balaban J connectivity index is 2.47. The topological polar surface area (TPSA) is 65.5 Å². The summed E-state index contributed by atoms with van der Waals surface area (Å²) in [4.78, 5) is 17.5. The summed E-state index contributed by atoms with van der Waals surface area (Å²) < 4.78 is 0. The van der Waals surface area contributed by atoms with E-state index in [-0.39, 0.29) is 12.6 Å². The Morgan fingerprint density at radius 3 is 2.88 bits per heavy atom. The van der Waals surface area contributed by atoms with Crippen LogP contribution in [0.5, 0.6) is 0 Å². The molecule has 0 aliphatic carbocycles. The van der Waals surface area contributed by atoms with Crippen LogP contribution in [0.1, 0.15) is 18.3 Å². The molecule has 0 aliphatic heterocycles. The van der Waals surface area contributed by atoms with Crippen LogP contribution in [-0.4, -0.2) is 40.7 Å². The SMILES string of the molecule is CCN(CCO)C(=O)NCc1cccc(C)n1. The van der Waals surface area contributed by atoms with Crippen LogP contribution < -0.4 is 5.32 Å². The first kappa shape index (κ1) is 13.4. The van der Waals surface area contributed by atoms with Crippen molar-refractivity contribution in [3.8, 4) is 0 Å². The molecule has 0 unspecified atom stereocenters. The van der Waals surface area contributed by atoms with Crippen LogP contribution in [-0.2, 0) is 6.54 Å². The molecule has 94 valence electrons. The molecule has 17 heavy (non-hydrogen) atoms. The van der Waals surface area contributed by atoms with E-state index in [1.807, 2.05) is 32.0 Å². The van der Waals surface area contributed by atoms with Gasteiger partial charge in [0.1, 0.15) is 0 Å². The fourth-order valence-electron chi connectivity index (χ4n) is 1.50. The van der Waals surface area contributed by atoms with Crippen LogP contribution in [0.4, 0.5) is 4.79 Å². The molecule has 0 atom stereocenters.